The summed E-state index contributed by atoms with van der Waals surface area (Å²) in [4.78, 5) is 13.1. The van der Waals surface area contributed by atoms with Crippen LogP contribution >= 0.6 is 11.8 Å². The van der Waals surface area contributed by atoms with Gasteiger partial charge in [0.05, 0.1) is 13.2 Å². The van der Waals surface area contributed by atoms with Crippen molar-refractivity contribution in [2.75, 3.05) is 18.2 Å². The van der Waals surface area contributed by atoms with Crippen LogP contribution in [0.3, 0.4) is 0 Å². The molecule has 2 aromatic carbocycles. The Labute approximate surface area is 135 Å². The quantitative estimate of drug-likeness (QED) is 0.770. The van der Waals surface area contributed by atoms with Gasteiger partial charge in [0.15, 0.2) is 0 Å². The average Bonchev–Trinajstić information content (AvgIpc) is 2.56. The van der Waals surface area contributed by atoms with Crippen molar-refractivity contribution in [3.05, 3.63) is 54.6 Å². The Morgan fingerprint density at radius 2 is 1.86 bits per heavy atom. The molecule has 0 fully saturated rings. The van der Waals surface area contributed by atoms with Crippen LogP contribution in [0.4, 0.5) is 5.69 Å². The van der Waals surface area contributed by atoms with Crippen molar-refractivity contribution in [1.29, 1.82) is 0 Å². The summed E-state index contributed by atoms with van der Waals surface area (Å²) in [6.45, 7) is 0. The molecule has 0 aliphatic carbocycles. The van der Waals surface area contributed by atoms with E-state index in [1.54, 1.807) is 18.9 Å². The molecule has 22 heavy (non-hydrogen) atoms. The lowest BCUT2D eigenvalue weighted by Gasteiger charge is -2.12. The van der Waals surface area contributed by atoms with E-state index in [4.69, 9.17) is 10.5 Å². The minimum atomic E-state index is -0.508. The van der Waals surface area contributed by atoms with E-state index in [-0.39, 0.29) is 5.91 Å². The Kier molecular flexibility index (Phi) is 6.30. The largest absolute Gasteiger partial charge is 0.497 e. The summed E-state index contributed by atoms with van der Waals surface area (Å²) in [5, 5.41) is 2.82. The van der Waals surface area contributed by atoms with Crippen LogP contribution in [0.25, 0.3) is 0 Å². The van der Waals surface area contributed by atoms with Gasteiger partial charge < -0.3 is 15.8 Å². The fraction of sp³-hybridized carbons (Fsp3) is 0.235. The predicted molar refractivity (Wildman–Crippen MR) is 91.4 cm³/mol. The second kappa shape index (κ2) is 8.46. The van der Waals surface area contributed by atoms with Crippen LogP contribution < -0.4 is 15.8 Å². The summed E-state index contributed by atoms with van der Waals surface area (Å²) in [6.07, 6.45) is 0.620. The molecule has 0 aliphatic rings. The first-order valence-corrected chi connectivity index (χ1v) is 8.06. The smallest absolute Gasteiger partial charge is 0.241 e. The van der Waals surface area contributed by atoms with E-state index < -0.39 is 6.04 Å². The highest BCUT2D eigenvalue weighted by atomic mass is 32.2. The third-order valence-corrected chi connectivity index (χ3v) is 4.18. The van der Waals surface area contributed by atoms with E-state index in [1.165, 1.54) is 0 Å². The molecule has 0 bridgehead atoms. The molecule has 0 spiro atoms. The van der Waals surface area contributed by atoms with Crippen LogP contribution in [0.5, 0.6) is 5.75 Å². The molecule has 116 valence electrons. The van der Waals surface area contributed by atoms with E-state index in [1.807, 2.05) is 54.6 Å². The molecule has 4 nitrogen and oxygen atoms in total. The Morgan fingerprint density at radius 3 is 2.50 bits per heavy atom. The fourth-order valence-electron chi connectivity index (χ4n) is 1.86. The third-order valence-electron chi connectivity index (χ3n) is 3.14. The molecule has 5 heteroatoms. The van der Waals surface area contributed by atoms with Crippen molar-refractivity contribution < 1.29 is 9.53 Å². The number of para-hydroxylation sites is 1. The number of hydrogen-bond donors (Lipinski definition) is 2. The maximum absolute atomic E-state index is 12.0. The molecule has 0 aliphatic heterocycles. The first-order valence-electron chi connectivity index (χ1n) is 7.07. The molecule has 2 rings (SSSR count). The van der Waals surface area contributed by atoms with E-state index >= 15 is 0 Å². The van der Waals surface area contributed by atoms with Crippen molar-refractivity contribution in [3.8, 4) is 5.75 Å². The minimum absolute atomic E-state index is 0.151. The van der Waals surface area contributed by atoms with Gasteiger partial charge in [0.1, 0.15) is 5.75 Å². The van der Waals surface area contributed by atoms with Crippen LogP contribution in [0.15, 0.2) is 59.5 Å². The topological polar surface area (TPSA) is 64.3 Å². The summed E-state index contributed by atoms with van der Waals surface area (Å²) in [6, 6.07) is 16.7. The number of anilines is 1. The lowest BCUT2D eigenvalue weighted by molar-refractivity contribution is -0.117. The third kappa shape index (κ3) is 5.09. The summed E-state index contributed by atoms with van der Waals surface area (Å²) >= 11 is 1.68. The molecule has 0 aromatic heterocycles. The summed E-state index contributed by atoms with van der Waals surface area (Å²) in [7, 11) is 1.65. The summed E-state index contributed by atoms with van der Waals surface area (Å²) in [5.41, 5.74) is 6.70. The van der Waals surface area contributed by atoms with Crippen molar-refractivity contribution in [2.45, 2.75) is 17.4 Å². The van der Waals surface area contributed by atoms with Gasteiger partial charge in [-0.3, -0.25) is 4.79 Å². The van der Waals surface area contributed by atoms with Gasteiger partial charge in [0, 0.05) is 10.6 Å². The number of rotatable bonds is 7. The van der Waals surface area contributed by atoms with E-state index in [2.05, 4.69) is 5.32 Å². The molecular weight excluding hydrogens is 296 g/mol. The molecule has 0 saturated carbocycles. The number of carbonyl (C=O) groups excluding carboxylic acids is 1. The van der Waals surface area contributed by atoms with E-state index in [0.29, 0.717) is 6.42 Å². The second-order valence-electron chi connectivity index (χ2n) is 4.77. The number of methoxy groups -OCH3 is 1. The van der Waals surface area contributed by atoms with Crippen molar-refractivity contribution >= 4 is 23.4 Å². The predicted octanol–water partition coefficient (Wildman–Crippen LogP) is 3.14. The van der Waals surface area contributed by atoms with Gasteiger partial charge in [-0.1, -0.05) is 18.2 Å². The van der Waals surface area contributed by atoms with Crippen LogP contribution in [0.1, 0.15) is 6.42 Å². The monoisotopic (exact) mass is 316 g/mol. The number of hydrogen-bond acceptors (Lipinski definition) is 4. The van der Waals surface area contributed by atoms with Crippen LogP contribution in [0, 0.1) is 0 Å². The van der Waals surface area contributed by atoms with Crippen LogP contribution in [-0.2, 0) is 4.79 Å². The molecular formula is C17H20N2O2S. The molecule has 0 saturated heterocycles. The highest BCUT2D eigenvalue weighted by molar-refractivity contribution is 7.99. The molecule has 1 atom stereocenters. The van der Waals surface area contributed by atoms with Gasteiger partial charge in [-0.2, -0.15) is 0 Å². The first kappa shape index (κ1) is 16.4. The summed E-state index contributed by atoms with van der Waals surface area (Å²) in [5.74, 6) is 1.47. The van der Waals surface area contributed by atoms with Gasteiger partial charge in [0.25, 0.3) is 0 Å². The molecule has 0 heterocycles. The highest BCUT2D eigenvalue weighted by Crippen LogP contribution is 2.22. The highest BCUT2D eigenvalue weighted by Gasteiger charge is 2.13. The Hall–Kier alpha value is -1.98. The number of carbonyl (C=O) groups is 1. The molecule has 1 unspecified atom stereocenters. The minimum Gasteiger partial charge on any atom is -0.497 e. The van der Waals surface area contributed by atoms with E-state index in [0.717, 1.165) is 22.1 Å². The van der Waals surface area contributed by atoms with Crippen molar-refractivity contribution in [3.63, 3.8) is 0 Å². The number of ether oxygens (including phenoxy) is 1. The van der Waals surface area contributed by atoms with Crippen LogP contribution in [-0.4, -0.2) is 24.8 Å². The van der Waals surface area contributed by atoms with Gasteiger partial charge in [-0.25, -0.2) is 0 Å². The Balaban J connectivity index is 1.74. The molecule has 2 aromatic rings. The van der Waals surface area contributed by atoms with E-state index in [9.17, 15) is 4.79 Å². The van der Waals surface area contributed by atoms with Gasteiger partial charge in [0.2, 0.25) is 5.91 Å². The lowest BCUT2D eigenvalue weighted by atomic mass is 10.2. The molecule has 3 N–H and O–H groups in total. The fourth-order valence-corrected chi connectivity index (χ4v) is 2.80. The van der Waals surface area contributed by atoms with Crippen LogP contribution in [0.2, 0.25) is 0 Å². The maximum atomic E-state index is 12.0. The lowest BCUT2D eigenvalue weighted by Crippen LogP contribution is -2.36. The Bertz CT molecular complexity index is 587. The number of amides is 1. The number of nitrogens with one attached hydrogen (secondary N) is 1. The van der Waals surface area contributed by atoms with Crippen molar-refractivity contribution in [1.82, 2.24) is 0 Å². The average molecular weight is 316 g/mol. The zero-order valence-electron chi connectivity index (χ0n) is 12.5. The zero-order valence-corrected chi connectivity index (χ0v) is 13.3. The van der Waals surface area contributed by atoms with Crippen molar-refractivity contribution in [2.24, 2.45) is 5.73 Å². The SMILES string of the molecule is COc1ccc(SCCC(N)C(=O)Nc2ccccc2)cc1. The number of benzene rings is 2. The number of thioether (sulfide) groups is 1. The van der Waals surface area contributed by atoms with Gasteiger partial charge in [-0.05, 0) is 48.6 Å². The Morgan fingerprint density at radius 1 is 1.18 bits per heavy atom. The van der Waals surface area contributed by atoms with Gasteiger partial charge >= 0.3 is 0 Å². The second-order valence-corrected chi connectivity index (χ2v) is 5.94. The maximum Gasteiger partial charge on any atom is 0.241 e. The van der Waals surface area contributed by atoms with Gasteiger partial charge in [-0.15, -0.1) is 11.8 Å². The number of nitrogens with two attached hydrogens (primary N) is 1. The molecule has 1 amide bonds. The molecule has 0 radical (unpaired) electrons. The first-order chi connectivity index (χ1) is 10.7. The summed E-state index contributed by atoms with van der Waals surface area (Å²) < 4.78 is 5.12. The standard InChI is InChI=1S/C17H20N2O2S/c1-21-14-7-9-15(10-8-14)22-12-11-16(18)17(20)19-13-5-3-2-4-6-13/h2-10,16H,11-12,18H2,1H3,(H,19,20). The normalized spacial score (nSPS) is 11.7. The zero-order chi connectivity index (χ0) is 15.8.